The van der Waals surface area contributed by atoms with Crippen LogP contribution in [0, 0.1) is 0 Å². The molecule has 8 heteroatoms. The van der Waals surface area contributed by atoms with Gasteiger partial charge in [-0.25, -0.2) is 9.50 Å². The van der Waals surface area contributed by atoms with Crippen LogP contribution in [-0.2, 0) is 0 Å². The normalized spacial score (nSPS) is 10.7. The molecule has 0 saturated carbocycles. The minimum Gasteiger partial charge on any atom is -0.493 e. The highest BCUT2D eigenvalue weighted by Crippen LogP contribution is 2.40. The van der Waals surface area contributed by atoms with Crippen molar-refractivity contribution >= 4 is 22.9 Å². The zero-order chi connectivity index (χ0) is 22.0. The van der Waals surface area contributed by atoms with E-state index in [0.29, 0.717) is 34.3 Å². The molecule has 0 aliphatic heterocycles. The van der Waals surface area contributed by atoms with Gasteiger partial charge in [0, 0.05) is 35.1 Å². The van der Waals surface area contributed by atoms with Gasteiger partial charge >= 0.3 is 0 Å². The highest BCUT2D eigenvalue weighted by molar-refractivity contribution is 5.94. The lowest BCUT2D eigenvalue weighted by Gasteiger charge is -2.15. The SMILES string of the molecule is COc1cc(Nc2ccn3ncc(-c4ccc(C(C)=O)cc4)c3n2)cc(OC)c1OC. The Kier molecular flexibility index (Phi) is 5.44. The summed E-state index contributed by atoms with van der Waals surface area (Å²) in [6.07, 6.45) is 3.59. The molecule has 0 atom stereocenters. The molecule has 0 amide bonds. The quantitative estimate of drug-likeness (QED) is 0.446. The molecule has 2 heterocycles. The van der Waals surface area contributed by atoms with Crippen molar-refractivity contribution in [2.75, 3.05) is 26.6 Å². The van der Waals surface area contributed by atoms with Crippen molar-refractivity contribution < 1.29 is 19.0 Å². The molecule has 4 rings (SSSR count). The molecule has 4 aromatic rings. The fourth-order valence-corrected chi connectivity index (χ4v) is 3.33. The van der Waals surface area contributed by atoms with Gasteiger partial charge in [-0.05, 0) is 18.6 Å². The third kappa shape index (κ3) is 3.87. The minimum atomic E-state index is 0.0290. The first-order chi connectivity index (χ1) is 15.0. The van der Waals surface area contributed by atoms with Gasteiger partial charge < -0.3 is 19.5 Å². The zero-order valence-corrected chi connectivity index (χ0v) is 17.7. The average molecular weight is 418 g/mol. The molecule has 0 unspecified atom stereocenters. The number of hydrogen-bond acceptors (Lipinski definition) is 7. The molecule has 0 radical (unpaired) electrons. The van der Waals surface area contributed by atoms with Crippen LogP contribution < -0.4 is 19.5 Å². The Morgan fingerprint density at radius 2 is 1.65 bits per heavy atom. The van der Waals surface area contributed by atoms with Crippen LogP contribution in [-0.4, -0.2) is 41.7 Å². The second-order valence-electron chi connectivity index (χ2n) is 6.81. The summed E-state index contributed by atoms with van der Waals surface area (Å²) in [5, 5.41) is 7.66. The molecule has 31 heavy (non-hydrogen) atoms. The lowest BCUT2D eigenvalue weighted by atomic mass is 10.1. The van der Waals surface area contributed by atoms with Crippen LogP contribution in [0.15, 0.2) is 54.9 Å². The number of carbonyl (C=O) groups is 1. The highest BCUT2D eigenvalue weighted by atomic mass is 16.5. The molecular weight excluding hydrogens is 396 g/mol. The van der Waals surface area contributed by atoms with Crippen LogP contribution in [0.2, 0.25) is 0 Å². The van der Waals surface area contributed by atoms with Gasteiger partial charge in [0.25, 0.3) is 0 Å². The van der Waals surface area contributed by atoms with E-state index in [0.717, 1.165) is 16.8 Å². The van der Waals surface area contributed by atoms with Crippen molar-refractivity contribution in [2.24, 2.45) is 0 Å². The lowest BCUT2D eigenvalue weighted by molar-refractivity contribution is 0.101. The standard InChI is InChI=1S/C23H22N4O4/c1-14(28)15-5-7-16(8-6-15)18-13-24-27-10-9-21(26-23(18)27)25-17-11-19(29-2)22(31-4)20(12-17)30-3/h5-13H,1-4H3,(H,25,26). The van der Waals surface area contributed by atoms with Crippen molar-refractivity contribution in [3.8, 4) is 28.4 Å². The van der Waals surface area contributed by atoms with Crippen LogP contribution in [0.5, 0.6) is 17.2 Å². The summed E-state index contributed by atoms with van der Waals surface area (Å²) in [7, 11) is 4.70. The van der Waals surface area contributed by atoms with Gasteiger partial charge in [0.1, 0.15) is 5.82 Å². The van der Waals surface area contributed by atoms with Crippen molar-refractivity contribution in [1.82, 2.24) is 14.6 Å². The third-order valence-electron chi connectivity index (χ3n) is 4.91. The molecule has 8 nitrogen and oxygen atoms in total. The largest absolute Gasteiger partial charge is 0.493 e. The van der Waals surface area contributed by atoms with Crippen LogP contribution >= 0.6 is 0 Å². The van der Waals surface area contributed by atoms with E-state index in [1.54, 1.807) is 51.1 Å². The number of ether oxygens (including phenoxy) is 3. The number of ketones is 1. The first-order valence-electron chi connectivity index (χ1n) is 9.57. The fourth-order valence-electron chi connectivity index (χ4n) is 3.33. The van der Waals surface area contributed by atoms with Crippen molar-refractivity contribution in [3.05, 3.63) is 60.4 Å². The highest BCUT2D eigenvalue weighted by Gasteiger charge is 2.14. The molecule has 0 bridgehead atoms. The van der Waals surface area contributed by atoms with Gasteiger partial charge in [0.2, 0.25) is 5.75 Å². The van der Waals surface area contributed by atoms with Crippen LogP contribution in [0.25, 0.3) is 16.8 Å². The molecule has 158 valence electrons. The molecule has 0 saturated heterocycles. The van der Waals surface area contributed by atoms with E-state index in [-0.39, 0.29) is 5.78 Å². The summed E-state index contributed by atoms with van der Waals surface area (Å²) in [6.45, 7) is 1.55. The van der Waals surface area contributed by atoms with Gasteiger partial charge in [-0.1, -0.05) is 24.3 Å². The number of carbonyl (C=O) groups excluding carboxylic acids is 1. The van der Waals surface area contributed by atoms with Gasteiger partial charge in [-0.15, -0.1) is 0 Å². The third-order valence-corrected chi connectivity index (χ3v) is 4.91. The number of Topliss-reactive ketones (excluding diaryl/α,β-unsaturated/α-hetero) is 1. The number of fused-ring (bicyclic) bond motifs is 1. The molecule has 2 aromatic heterocycles. The second kappa shape index (κ2) is 8.35. The Morgan fingerprint density at radius 1 is 0.968 bits per heavy atom. The Hall–Kier alpha value is -4.07. The molecule has 1 N–H and O–H groups in total. The topological polar surface area (TPSA) is 87.0 Å². The number of nitrogens with one attached hydrogen (secondary N) is 1. The first kappa shape index (κ1) is 20.2. The number of anilines is 2. The molecule has 2 aromatic carbocycles. The summed E-state index contributed by atoms with van der Waals surface area (Å²) >= 11 is 0. The summed E-state index contributed by atoms with van der Waals surface area (Å²) < 4.78 is 17.9. The van der Waals surface area contributed by atoms with E-state index in [1.807, 2.05) is 36.5 Å². The van der Waals surface area contributed by atoms with E-state index >= 15 is 0 Å². The number of aromatic nitrogens is 3. The van der Waals surface area contributed by atoms with Crippen LogP contribution in [0.1, 0.15) is 17.3 Å². The lowest BCUT2D eigenvalue weighted by Crippen LogP contribution is -2.00. The summed E-state index contributed by atoms with van der Waals surface area (Å²) in [6, 6.07) is 12.9. The maximum absolute atomic E-state index is 11.5. The van der Waals surface area contributed by atoms with Crippen molar-refractivity contribution in [3.63, 3.8) is 0 Å². The van der Waals surface area contributed by atoms with Gasteiger partial charge in [0.15, 0.2) is 22.9 Å². The molecular formula is C23H22N4O4. The summed E-state index contributed by atoms with van der Waals surface area (Å²) in [4.78, 5) is 16.3. The van der Waals surface area contributed by atoms with Crippen LogP contribution in [0.3, 0.4) is 0 Å². The Balaban J connectivity index is 1.70. The van der Waals surface area contributed by atoms with Gasteiger partial charge in [0.05, 0.1) is 27.5 Å². The Bertz CT molecular complexity index is 1220. The van der Waals surface area contributed by atoms with E-state index < -0.39 is 0 Å². The molecule has 0 aliphatic rings. The molecule has 0 fully saturated rings. The van der Waals surface area contributed by atoms with E-state index in [2.05, 4.69) is 10.4 Å². The number of methoxy groups -OCH3 is 3. The van der Waals surface area contributed by atoms with E-state index in [9.17, 15) is 4.79 Å². The predicted octanol–water partition coefficient (Wildman–Crippen LogP) is 4.37. The summed E-state index contributed by atoms with van der Waals surface area (Å²) in [5.41, 5.74) is 3.88. The number of hydrogen-bond donors (Lipinski definition) is 1. The van der Waals surface area contributed by atoms with Crippen LogP contribution in [0.4, 0.5) is 11.5 Å². The Morgan fingerprint density at radius 3 is 2.23 bits per heavy atom. The van der Waals surface area contributed by atoms with Gasteiger partial charge in [-0.2, -0.15) is 5.10 Å². The average Bonchev–Trinajstić information content (AvgIpc) is 3.21. The van der Waals surface area contributed by atoms with Crippen molar-refractivity contribution in [1.29, 1.82) is 0 Å². The number of nitrogens with zero attached hydrogens (tertiary/aromatic N) is 3. The zero-order valence-electron chi connectivity index (χ0n) is 17.7. The maximum atomic E-state index is 11.5. The Labute approximate surface area is 179 Å². The maximum Gasteiger partial charge on any atom is 0.203 e. The monoisotopic (exact) mass is 418 g/mol. The predicted molar refractivity (Wildman–Crippen MR) is 118 cm³/mol. The summed E-state index contributed by atoms with van der Waals surface area (Å²) in [5.74, 6) is 2.26. The smallest absolute Gasteiger partial charge is 0.203 e. The number of rotatable bonds is 7. The van der Waals surface area contributed by atoms with E-state index in [1.165, 1.54) is 0 Å². The van der Waals surface area contributed by atoms with Gasteiger partial charge in [-0.3, -0.25) is 4.79 Å². The minimum absolute atomic E-state index is 0.0290. The number of benzene rings is 2. The fraction of sp³-hybridized carbons (Fsp3) is 0.174. The van der Waals surface area contributed by atoms with Crippen molar-refractivity contribution in [2.45, 2.75) is 6.92 Å². The first-order valence-corrected chi connectivity index (χ1v) is 9.57. The molecule has 0 spiro atoms. The second-order valence-corrected chi connectivity index (χ2v) is 6.81. The van der Waals surface area contributed by atoms with E-state index in [4.69, 9.17) is 19.2 Å². The molecule has 0 aliphatic carbocycles.